The zero-order valence-corrected chi connectivity index (χ0v) is 12.0. The number of carbonyl (C=O) groups excluding carboxylic acids is 2. The van der Waals surface area contributed by atoms with Crippen LogP contribution in [0, 0.1) is 11.2 Å². The van der Waals surface area contributed by atoms with Gasteiger partial charge >= 0.3 is 5.97 Å². The maximum absolute atomic E-state index is 14.0. The van der Waals surface area contributed by atoms with Gasteiger partial charge < -0.3 is 9.64 Å². The summed E-state index contributed by atoms with van der Waals surface area (Å²) in [5, 5.41) is 0. The molecule has 0 N–H and O–H groups in total. The molecule has 1 amide bonds. The SMILES string of the molecule is COC(=O)[C@]1(C(=O)N2CCCC2)C[C@@H]1c1ccccc1F. The van der Waals surface area contributed by atoms with Gasteiger partial charge in [-0.25, -0.2) is 4.39 Å². The average molecular weight is 291 g/mol. The Morgan fingerprint density at radius 1 is 1.29 bits per heavy atom. The average Bonchev–Trinajstić information content (AvgIpc) is 3.01. The van der Waals surface area contributed by atoms with E-state index in [1.165, 1.54) is 13.2 Å². The number of methoxy groups -OCH3 is 1. The van der Waals surface area contributed by atoms with Gasteiger partial charge in [-0.3, -0.25) is 9.59 Å². The maximum atomic E-state index is 14.0. The fraction of sp³-hybridized carbons (Fsp3) is 0.500. The van der Waals surface area contributed by atoms with Crippen LogP contribution in [0.5, 0.6) is 0 Å². The molecule has 1 aliphatic heterocycles. The van der Waals surface area contributed by atoms with Gasteiger partial charge in [-0.2, -0.15) is 0 Å². The summed E-state index contributed by atoms with van der Waals surface area (Å²) in [7, 11) is 1.28. The number of nitrogens with zero attached hydrogens (tertiary/aromatic N) is 1. The first-order chi connectivity index (χ1) is 10.1. The Kier molecular flexibility index (Phi) is 3.43. The van der Waals surface area contributed by atoms with E-state index in [0.717, 1.165) is 12.8 Å². The number of likely N-dealkylation sites (tertiary alicyclic amines) is 1. The molecule has 1 aromatic carbocycles. The van der Waals surface area contributed by atoms with E-state index in [1.807, 2.05) is 0 Å². The van der Waals surface area contributed by atoms with Crippen molar-refractivity contribution in [2.75, 3.05) is 20.2 Å². The van der Waals surface area contributed by atoms with Gasteiger partial charge in [0.2, 0.25) is 5.91 Å². The van der Waals surface area contributed by atoms with Crippen LogP contribution >= 0.6 is 0 Å². The van der Waals surface area contributed by atoms with Crippen LogP contribution in [-0.4, -0.2) is 37.0 Å². The second-order valence-electron chi connectivity index (χ2n) is 5.74. The number of benzene rings is 1. The number of halogens is 1. The minimum absolute atomic E-state index is 0.208. The van der Waals surface area contributed by atoms with Crippen molar-refractivity contribution in [1.82, 2.24) is 4.90 Å². The van der Waals surface area contributed by atoms with Crippen molar-refractivity contribution >= 4 is 11.9 Å². The molecule has 2 aliphatic rings. The molecule has 0 bridgehead atoms. The normalized spacial score (nSPS) is 27.5. The van der Waals surface area contributed by atoms with Crippen molar-refractivity contribution in [3.8, 4) is 0 Å². The molecule has 2 atom stereocenters. The Morgan fingerprint density at radius 3 is 2.57 bits per heavy atom. The van der Waals surface area contributed by atoms with Gasteiger partial charge in [0, 0.05) is 19.0 Å². The van der Waals surface area contributed by atoms with Gasteiger partial charge in [0.1, 0.15) is 5.82 Å². The minimum Gasteiger partial charge on any atom is -0.468 e. The summed E-state index contributed by atoms with van der Waals surface area (Å²) in [6.07, 6.45) is 2.23. The molecule has 112 valence electrons. The van der Waals surface area contributed by atoms with Crippen molar-refractivity contribution < 1.29 is 18.7 Å². The first-order valence-corrected chi connectivity index (χ1v) is 7.23. The summed E-state index contributed by atoms with van der Waals surface area (Å²) < 4.78 is 18.8. The highest BCUT2D eigenvalue weighted by atomic mass is 19.1. The molecular formula is C16H18FNO3. The molecule has 0 aromatic heterocycles. The van der Waals surface area contributed by atoms with E-state index in [2.05, 4.69) is 0 Å². The molecule has 0 spiro atoms. The summed E-state index contributed by atoms with van der Waals surface area (Å²) in [5.74, 6) is -1.55. The summed E-state index contributed by atoms with van der Waals surface area (Å²) in [5.41, 5.74) is -0.795. The monoisotopic (exact) mass is 291 g/mol. The van der Waals surface area contributed by atoms with Gasteiger partial charge in [0.15, 0.2) is 5.41 Å². The highest BCUT2D eigenvalue weighted by Gasteiger charge is 2.68. The number of hydrogen-bond donors (Lipinski definition) is 0. The number of rotatable bonds is 3. The predicted molar refractivity (Wildman–Crippen MR) is 74.0 cm³/mol. The number of carbonyl (C=O) groups is 2. The van der Waals surface area contributed by atoms with Crippen LogP contribution in [0.1, 0.15) is 30.7 Å². The summed E-state index contributed by atoms with van der Waals surface area (Å²) >= 11 is 0. The topological polar surface area (TPSA) is 46.6 Å². The third-order valence-electron chi connectivity index (χ3n) is 4.57. The third-order valence-corrected chi connectivity index (χ3v) is 4.57. The van der Waals surface area contributed by atoms with Crippen LogP contribution in [0.3, 0.4) is 0 Å². The Morgan fingerprint density at radius 2 is 1.95 bits per heavy atom. The number of hydrogen-bond acceptors (Lipinski definition) is 3. The third kappa shape index (κ3) is 2.11. The first kappa shape index (κ1) is 14.0. The highest BCUT2D eigenvalue weighted by molar-refractivity contribution is 6.07. The van der Waals surface area contributed by atoms with Crippen LogP contribution in [0.4, 0.5) is 4.39 Å². The van der Waals surface area contributed by atoms with Crippen molar-refractivity contribution in [3.63, 3.8) is 0 Å². The van der Waals surface area contributed by atoms with Crippen molar-refractivity contribution in [2.45, 2.75) is 25.2 Å². The minimum atomic E-state index is -1.22. The van der Waals surface area contributed by atoms with Gasteiger partial charge in [0.05, 0.1) is 7.11 Å². The maximum Gasteiger partial charge on any atom is 0.322 e. The van der Waals surface area contributed by atoms with E-state index < -0.39 is 17.3 Å². The van der Waals surface area contributed by atoms with E-state index in [4.69, 9.17) is 4.74 Å². The van der Waals surface area contributed by atoms with Crippen LogP contribution in [-0.2, 0) is 14.3 Å². The van der Waals surface area contributed by atoms with Crippen molar-refractivity contribution in [1.29, 1.82) is 0 Å². The van der Waals surface area contributed by atoms with E-state index in [1.54, 1.807) is 23.1 Å². The van der Waals surface area contributed by atoms with Crippen LogP contribution < -0.4 is 0 Å². The quantitative estimate of drug-likeness (QED) is 0.633. The molecule has 0 radical (unpaired) electrons. The lowest BCUT2D eigenvalue weighted by Crippen LogP contribution is -2.40. The number of amides is 1. The smallest absolute Gasteiger partial charge is 0.322 e. The lowest BCUT2D eigenvalue weighted by Gasteiger charge is -2.22. The largest absolute Gasteiger partial charge is 0.468 e. The van der Waals surface area contributed by atoms with E-state index in [9.17, 15) is 14.0 Å². The molecule has 3 rings (SSSR count). The molecule has 5 heteroatoms. The highest BCUT2D eigenvalue weighted by Crippen LogP contribution is 2.61. The molecule has 1 aliphatic carbocycles. The Labute approximate surface area is 122 Å². The molecule has 21 heavy (non-hydrogen) atoms. The molecule has 1 aromatic rings. The number of esters is 1. The molecule has 2 fully saturated rings. The lowest BCUT2D eigenvalue weighted by molar-refractivity contribution is -0.155. The second kappa shape index (κ2) is 5.13. The van der Waals surface area contributed by atoms with E-state index in [0.29, 0.717) is 25.1 Å². The zero-order valence-electron chi connectivity index (χ0n) is 12.0. The molecule has 4 nitrogen and oxygen atoms in total. The van der Waals surface area contributed by atoms with Crippen molar-refractivity contribution in [2.24, 2.45) is 5.41 Å². The Hall–Kier alpha value is -1.91. The van der Waals surface area contributed by atoms with Crippen molar-refractivity contribution in [3.05, 3.63) is 35.6 Å². The van der Waals surface area contributed by atoms with Gasteiger partial charge in [0.25, 0.3) is 0 Å². The van der Waals surface area contributed by atoms with Gasteiger partial charge in [-0.1, -0.05) is 18.2 Å². The Balaban J connectivity index is 1.92. The van der Waals surface area contributed by atoms with Crippen LogP contribution in [0.15, 0.2) is 24.3 Å². The second-order valence-corrected chi connectivity index (χ2v) is 5.74. The fourth-order valence-electron chi connectivity index (χ4n) is 3.33. The van der Waals surface area contributed by atoms with E-state index in [-0.39, 0.29) is 11.7 Å². The first-order valence-electron chi connectivity index (χ1n) is 7.23. The van der Waals surface area contributed by atoms with Gasteiger partial charge in [-0.15, -0.1) is 0 Å². The zero-order chi connectivity index (χ0) is 15.0. The standard InChI is InChI=1S/C16H18FNO3/c1-21-15(20)16(14(19)18-8-4-5-9-18)10-12(16)11-6-2-3-7-13(11)17/h2-3,6-7,12H,4-5,8-10H2,1H3/t12-,16-/m1/s1. The summed E-state index contributed by atoms with van der Waals surface area (Å²) in [6.45, 7) is 1.34. The van der Waals surface area contributed by atoms with Crippen LogP contribution in [0.2, 0.25) is 0 Å². The predicted octanol–water partition coefficient (Wildman–Crippen LogP) is 2.09. The van der Waals surface area contributed by atoms with E-state index >= 15 is 0 Å². The van der Waals surface area contributed by atoms with Gasteiger partial charge in [-0.05, 0) is 30.9 Å². The number of ether oxygens (including phenoxy) is 1. The molecular weight excluding hydrogens is 273 g/mol. The lowest BCUT2D eigenvalue weighted by atomic mass is 9.97. The summed E-state index contributed by atoms with van der Waals surface area (Å²) in [4.78, 5) is 26.6. The summed E-state index contributed by atoms with van der Waals surface area (Å²) in [6, 6.07) is 6.32. The Bertz CT molecular complexity index is 583. The van der Waals surface area contributed by atoms with Crippen LogP contribution in [0.25, 0.3) is 0 Å². The molecule has 1 heterocycles. The molecule has 0 unspecified atom stereocenters. The molecule has 1 saturated carbocycles. The molecule has 1 saturated heterocycles. The fourth-order valence-corrected chi connectivity index (χ4v) is 3.33.